The van der Waals surface area contributed by atoms with Gasteiger partial charge in [0.1, 0.15) is 12.2 Å². The monoisotopic (exact) mass is 1590 g/mol. The Balaban J connectivity index is 0.000000246. The normalized spacial score (nSPS) is 28.5. The first kappa shape index (κ1) is 86.8. The molecule has 2 amide bonds. The lowest BCUT2D eigenvalue weighted by atomic mass is 9.95. The highest BCUT2D eigenvalue weighted by Gasteiger charge is 2.52. The van der Waals surface area contributed by atoms with Gasteiger partial charge in [-0.2, -0.15) is 8.62 Å². The van der Waals surface area contributed by atoms with Crippen molar-refractivity contribution in [3.8, 4) is 0 Å². The topological polar surface area (TPSA) is 727 Å². The van der Waals surface area contributed by atoms with E-state index in [4.69, 9.17) is 67.6 Å². The number of allylic oxidation sites excluding steroid dienone is 1. The predicted molar refractivity (Wildman–Crippen MR) is 329 cm³/mol. The lowest BCUT2D eigenvalue weighted by Gasteiger charge is -2.32. The van der Waals surface area contributed by atoms with Crippen molar-refractivity contribution in [3.63, 3.8) is 0 Å². The second-order valence-corrected chi connectivity index (χ2v) is 29.8. The average Bonchev–Trinajstić information content (AvgIpc) is 1.66. The molecule has 0 spiro atoms. The zero-order chi connectivity index (χ0) is 76.9. The standard InChI is InChI=1S/C14H22N2O11P2.C13H19N2O9P.C10H16N2O12P2.C10H15N2O9P/c1-4-10-11(7-24-29(22,23)27-28(19,20)21)26-13(12(10)25-9(3)17)16-6-5-8(2)15-14(16)18;1-3-8-9(6-22-25(19,20)21)24-12(11(8)23-7(2)16)15-5-4-10(17)14-13(15)18;13-3-5-6(4-22-26(20,21)24-25(17,18)19)23-9(8(5)15)12-2-1-7(14)11-10(12)16;13-3-5-6(4-20-22(17,18)19)21-9(8(5)15)12-2-1-7(14)11-10(12)16/h5-6,10-13H,2,4,7H2,1,3H3,(H,15,18)(H,22,23)(H2,19,20,21);4-5,8-9,11-12H,3,6H2,1-2H3,(H,14,17,18)(H2,19,20,21);1-2,5-6,8-9,13,15H,3-4H2,(H,20,21)(H,11,14,16)(H2,17,18,19);1-2,5-6,8-9,13,15H,3-4H2,(H,11,14,16)(H2,17,18,19)/t10-,11-,12-,13-;8-,9-,11-,12-;2*5-,6-,8-,9-/m1111/s1. The fourth-order valence-electron chi connectivity index (χ4n) is 10.4. The van der Waals surface area contributed by atoms with Gasteiger partial charge in [0.15, 0.2) is 37.1 Å². The van der Waals surface area contributed by atoms with Gasteiger partial charge >= 0.3 is 82.0 Å². The van der Waals surface area contributed by atoms with E-state index in [9.17, 15) is 101 Å². The van der Waals surface area contributed by atoms with Crippen molar-refractivity contribution in [3.05, 3.63) is 124 Å². The molecule has 3 aromatic rings. The van der Waals surface area contributed by atoms with E-state index in [1.165, 1.54) is 32.3 Å². The van der Waals surface area contributed by atoms with Gasteiger partial charge in [0.25, 0.3) is 16.7 Å². The van der Waals surface area contributed by atoms with E-state index >= 15 is 0 Å². The molecule has 18 atom stereocenters. The third-order valence-corrected chi connectivity index (χ3v) is 19.9. The number of ether oxygens (including phenoxy) is 6. The zero-order valence-corrected chi connectivity index (χ0v) is 58.3. The first-order valence-electron chi connectivity index (χ1n) is 28.9. The molecule has 2 unspecified atom stereocenters. The largest absolute Gasteiger partial charge is 0.481 e. The molecule has 5 aliphatic heterocycles. The molecule has 49 nitrogen and oxygen atoms in total. The number of aliphatic hydroxyl groups excluding tert-OH is 4. The number of urea groups is 1. The van der Waals surface area contributed by atoms with Crippen LogP contribution in [0.2, 0.25) is 0 Å². The number of aromatic nitrogens is 6. The summed E-state index contributed by atoms with van der Waals surface area (Å²) in [5.74, 6) is -4.27. The first-order valence-corrected chi connectivity index (χ1v) is 38.1. The number of carbonyl (C=O) groups is 3. The number of aliphatic hydroxyl groups is 4. The number of esters is 2. The van der Waals surface area contributed by atoms with Gasteiger partial charge in [-0.1, -0.05) is 20.4 Å². The molecule has 4 saturated heterocycles. The molecule has 3 aromatic heterocycles. The van der Waals surface area contributed by atoms with Crippen LogP contribution in [-0.2, 0) is 92.1 Å². The Kier molecular flexibility index (Phi) is 31.0. The van der Waals surface area contributed by atoms with Crippen LogP contribution < -0.4 is 39.1 Å². The van der Waals surface area contributed by atoms with Crippen molar-refractivity contribution in [2.45, 2.75) is 114 Å². The van der Waals surface area contributed by atoms with E-state index in [1.54, 1.807) is 13.8 Å². The van der Waals surface area contributed by atoms with Crippen LogP contribution >= 0.6 is 46.9 Å². The number of nitrogens with one attached hydrogen (secondary N) is 4. The predicted octanol–water partition coefficient (Wildman–Crippen LogP) is -4.41. The van der Waals surface area contributed by atoms with Gasteiger partial charge in [-0.3, -0.25) is 75.6 Å². The number of aromatic amines is 3. The Morgan fingerprint density at radius 3 is 1.11 bits per heavy atom. The lowest BCUT2D eigenvalue weighted by Crippen LogP contribution is -2.50. The second-order valence-electron chi connectivity index (χ2n) is 21.7. The van der Waals surface area contributed by atoms with Crippen molar-refractivity contribution in [2.24, 2.45) is 23.7 Å². The van der Waals surface area contributed by atoms with E-state index in [2.05, 4.69) is 43.6 Å². The maximum atomic E-state index is 12.3. The number of hydrogen-bond donors (Lipinski definition) is 18. The first-order chi connectivity index (χ1) is 47.1. The summed E-state index contributed by atoms with van der Waals surface area (Å²) in [6.07, 6.45) is -6.40. The van der Waals surface area contributed by atoms with E-state index in [0.29, 0.717) is 18.5 Å². The minimum atomic E-state index is -5.31. The van der Waals surface area contributed by atoms with E-state index < -0.39 is 236 Å². The fourth-order valence-corrected chi connectivity index (χ4v) is 14.3. The molecule has 576 valence electrons. The van der Waals surface area contributed by atoms with Gasteiger partial charge in [0, 0.05) is 86.2 Å². The highest BCUT2D eigenvalue weighted by molar-refractivity contribution is 7.61. The van der Waals surface area contributed by atoms with E-state index in [1.807, 2.05) is 9.97 Å². The summed E-state index contributed by atoms with van der Waals surface area (Å²) in [5.41, 5.74) is -4.07. The molecular weight excluding hydrogens is 1520 g/mol. The average molecular weight is 1590 g/mol. The number of carbonyl (C=O) groups excluding carboxylic acids is 3. The van der Waals surface area contributed by atoms with E-state index in [-0.39, 0.29) is 0 Å². The summed E-state index contributed by atoms with van der Waals surface area (Å²) in [5, 5.41) is 41.4. The fraction of sp³-hybridized carbons (Fsp3) is 0.596. The van der Waals surface area contributed by atoms with Gasteiger partial charge < -0.3 is 103 Å². The molecule has 0 radical (unpaired) electrons. The number of hydrogen-bond acceptors (Lipinski definition) is 31. The third kappa shape index (κ3) is 25.7. The highest BCUT2D eigenvalue weighted by atomic mass is 31.3. The van der Waals surface area contributed by atoms with Crippen molar-refractivity contribution >= 4 is 64.9 Å². The number of phosphoric acid groups is 6. The van der Waals surface area contributed by atoms with Crippen molar-refractivity contribution < 1.29 is 166 Å². The number of rotatable bonds is 26. The van der Waals surface area contributed by atoms with Crippen molar-refractivity contribution in [2.75, 3.05) is 39.6 Å². The molecular formula is C47H72N8O41P6. The summed E-state index contributed by atoms with van der Waals surface area (Å²) in [6, 6.07) is 2.56. The Labute approximate surface area is 569 Å². The van der Waals surface area contributed by atoms with Gasteiger partial charge in [-0.15, -0.1) is 0 Å². The highest BCUT2D eigenvalue weighted by Crippen LogP contribution is 2.59. The van der Waals surface area contributed by atoms with Crippen LogP contribution in [0.25, 0.3) is 0 Å². The van der Waals surface area contributed by atoms with Crippen LogP contribution in [0.15, 0.2) is 90.1 Å². The third-order valence-electron chi connectivity index (χ3n) is 14.6. The number of amides is 2. The van der Waals surface area contributed by atoms with Crippen molar-refractivity contribution in [1.29, 1.82) is 0 Å². The van der Waals surface area contributed by atoms with Crippen LogP contribution in [0.1, 0.15) is 59.2 Å². The molecule has 0 bridgehead atoms. The summed E-state index contributed by atoms with van der Waals surface area (Å²) in [6.45, 7) is 5.80. The molecule has 8 heterocycles. The molecule has 0 aliphatic carbocycles. The number of H-pyrrole nitrogens is 3. The number of phosphoric ester groups is 4. The Bertz CT molecular complexity index is 4140. The molecule has 8 rings (SSSR count). The van der Waals surface area contributed by atoms with Crippen LogP contribution in [0.5, 0.6) is 0 Å². The molecule has 102 heavy (non-hydrogen) atoms. The van der Waals surface area contributed by atoms with Gasteiger partial charge in [0.05, 0.1) is 64.1 Å². The van der Waals surface area contributed by atoms with Crippen molar-refractivity contribution in [1.82, 2.24) is 38.9 Å². The lowest BCUT2D eigenvalue weighted by molar-refractivity contribution is -0.155. The Morgan fingerprint density at radius 1 is 0.490 bits per heavy atom. The molecule has 18 N–H and O–H groups in total. The van der Waals surface area contributed by atoms with Crippen LogP contribution in [0.4, 0.5) is 4.79 Å². The zero-order valence-electron chi connectivity index (χ0n) is 53.0. The maximum Gasteiger partial charge on any atom is 0.481 e. The molecule has 55 heteroatoms. The summed E-state index contributed by atoms with van der Waals surface area (Å²) in [4.78, 5) is 199. The number of nitrogens with zero attached hydrogens (tertiary/aromatic N) is 4. The molecule has 4 fully saturated rings. The smallest absolute Gasteiger partial charge is 0.457 e. The molecule has 0 saturated carbocycles. The Morgan fingerprint density at radius 2 is 0.804 bits per heavy atom. The van der Waals surface area contributed by atoms with Crippen LogP contribution in [-0.4, -0.2) is 216 Å². The second kappa shape index (κ2) is 36.4. The minimum Gasteiger partial charge on any atom is -0.457 e. The quantitative estimate of drug-likeness (QED) is 0.0266. The molecule has 5 aliphatic rings. The molecule has 0 aromatic carbocycles. The Hall–Kier alpha value is -5.85. The van der Waals surface area contributed by atoms with Crippen LogP contribution in [0.3, 0.4) is 0 Å². The van der Waals surface area contributed by atoms with E-state index in [0.717, 1.165) is 49.2 Å². The summed E-state index contributed by atoms with van der Waals surface area (Å²) in [7, 11) is -30.3. The SMILES string of the molecule is C=C1C=CN([C@@H]2O[C@H](COP(=O)(O)OP(=O)(O)O)[C@@H](CC)[C@H]2OC(C)=O)C(=O)N1.CC[C@H]1[C@@H](OC(C)=O)[C@H](n2ccc(=O)[nH]c2=O)O[C@@H]1COP(=O)(O)O.O=c1ccn([C@@H]2O[C@H](COP(=O)(O)O)[C@@H](CO)[C@H]2O)c(=O)[nH]1.O=c1ccn([C@@H]2O[C@H](COP(=O)(O)OP(=O)(O)O)[C@@H](CO)[C@H]2O)c(=O)[nH]1. The van der Waals surface area contributed by atoms with Crippen LogP contribution in [0, 0.1) is 23.7 Å². The van der Waals surface area contributed by atoms with Gasteiger partial charge in [0.2, 0.25) is 0 Å². The van der Waals surface area contributed by atoms with Gasteiger partial charge in [-0.25, -0.2) is 46.6 Å². The summed E-state index contributed by atoms with van der Waals surface area (Å²) >= 11 is 0. The summed E-state index contributed by atoms with van der Waals surface area (Å²) < 4.78 is 127. The van der Waals surface area contributed by atoms with Gasteiger partial charge in [-0.05, 0) is 18.9 Å². The maximum absolute atomic E-state index is 12.3. The minimum absolute atomic E-state index is 0.344.